The molecule has 5 heteroatoms. The Kier molecular flexibility index (Phi) is 3.83. The first-order valence-corrected chi connectivity index (χ1v) is 6.75. The predicted octanol–water partition coefficient (Wildman–Crippen LogP) is 2.51. The molecular formula is C14H21NO4. The summed E-state index contributed by atoms with van der Waals surface area (Å²) in [4.78, 5) is 23.7. The molecule has 1 fully saturated rings. The molecule has 2 atom stereocenters. The van der Waals surface area contributed by atoms with Gasteiger partial charge in [0.2, 0.25) is 0 Å². The smallest absolute Gasteiger partial charge is 0.407 e. The largest absolute Gasteiger partial charge is 0.444 e. The molecule has 0 aromatic carbocycles. The Morgan fingerprint density at radius 1 is 1.42 bits per heavy atom. The van der Waals surface area contributed by atoms with Crippen molar-refractivity contribution in [3.63, 3.8) is 0 Å². The average Bonchev–Trinajstić information content (AvgIpc) is 2.22. The summed E-state index contributed by atoms with van der Waals surface area (Å²) in [6.45, 7) is 5.44. The fourth-order valence-electron chi connectivity index (χ4n) is 2.44. The third-order valence-corrected chi connectivity index (χ3v) is 3.27. The molecule has 1 saturated heterocycles. The van der Waals surface area contributed by atoms with Crippen molar-refractivity contribution < 1.29 is 19.1 Å². The van der Waals surface area contributed by atoms with E-state index in [0.717, 1.165) is 31.4 Å². The van der Waals surface area contributed by atoms with Crippen molar-refractivity contribution in [2.75, 3.05) is 0 Å². The van der Waals surface area contributed by atoms with Crippen LogP contribution in [0.1, 0.15) is 46.5 Å². The van der Waals surface area contributed by atoms with Gasteiger partial charge in [-0.15, -0.1) is 0 Å². The van der Waals surface area contributed by atoms with Crippen LogP contribution in [0.25, 0.3) is 0 Å². The number of amides is 1. The SMILES string of the molecule is CC(C)(C)OC(=O)N[C@H]1CC/C=C2/CC[C@@H]1C(=O)O2. The van der Waals surface area contributed by atoms with Gasteiger partial charge in [0.25, 0.3) is 0 Å². The molecule has 0 saturated carbocycles. The summed E-state index contributed by atoms with van der Waals surface area (Å²) in [6.07, 6.45) is 4.51. The number of hydrogen-bond acceptors (Lipinski definition) is 4. The van der Waals surface area contributed by atoms with Gasteiger partial charge in [0, 0.05) is 12.5 Å². The van der Waals surface area contributed by atoms with Gasteiger partial charge in [0.1, 0.15) is 11.4 Å². The Morgan fingerprint density at radius 3 is 2.79 bits per heavy atom. The summed E-state index contributed by atoms with van der Waals surface area (Å²) in [7, 11) is 0. The number of fused-ring (bicyclic) bond motifs is 5. The van der Waals surface area contributed by atoms with Crippen LogP contribution in [0.3, 0.4) is 0 Å². The zero-order valence-electron chi connectivity index (χ0n) is 11.7. The summed E-state index contributed by atoms with van der Waals surface area (Å²) in [5, 5.41) is 2.81. The molecule has 5 nitrogen and oxygen atoms in total. The Balaban J connectivity index is 2.01. The minimum absolute atomic E-state index is 0.208. The van der Waals surface area contributed by atoms with Crippen molar-refractivity contribution >= 4 is 12.1 Å². The highest BCUT2D eigenvalue weighted by atomic mass is 16.6. The van der Waals surface area contributed by atoms with Gasteiger partial charge in [-0.2, -0.15) is 0 Å². The average molecular weight is 267 g/mol. The second-order valence-corrected chi connectivity index (χ2v) is 6.07. The lowest BCUT2D eigenvalue weighted by atomic mass is 9.87. The monoisotopic (exact) mass is 267 g/mol. The summed E-state index contributed by atoms with van der Waals surface area (Å²) < 4.78 is 10.5. The van der Waals surface area contributed by atoms with Crippen LogP contribution in [-0.4, -0.2) is 23.7 Å². The highest BCUT2D eigenvalue weighted by Crippen LogP contribution is 2.30. The molecule has 0 unspecified atom stereocenters. The second-order valence-electron chi connectivity index (χ2n) is 6.07. The van der Waals surface area contributed by atoms with Gasteiger partial charge >= 0.3 is 12.1 Å². The van der Waals surface area contributed by atoms with Crippen LogP contribution in [0.5, 0.6) is 0 Å². The van der Waals surface area contributed by atoms with Gasteiger partial charge in [-0.25, -0.2) is 4.79 Å². The van der Waals surface area contributed by atoms with Gasteiger partial charge in [-0.3, -0.25) is 4.79 Å². The van der Waals surface area contributed by atoms with E-state index in [1.165, 1.54) is 0 Å². The Hall–Kier alpha value is -1.52. The summed E-state index contributed by atoms with van der Waals surface area (Å²) in [5.74, 6) is 0.278. The van der Waals surface area contributed by atoms with E-state index in [0.29, 0.717) is 0 Å². The molecule has 0 radical (unpaired) electrons. The first-order valence-electron chi connectivity index (χ1n) is 6.75. The topological polar surface area (TPSA) is 64.6 Å². The number of esters is 1. The number of hydrogen-bond donors (Lipinski definition) is 1. The van der Waals surface area contributed by atoms with Crippen molar-refractivity contribution in [2.24, 2.45) is 5.92 Å². The summed E-state index contributed by atoms with van der Waals surface area (Å²) in [6, 6.07) is -0.208. The summed E-state index contributed by atoms with van der Waals surface area (Å²) in [5.41, 5.74) is -0.536. The van der Waals surface area contributed by atoms with Crippen molar-refractivity contribution in [2.45, 2.75) is 58.1 Å². The van der Waals surface area contributed by atoms with E-state index in [1.807, 2.05) is 26.8 Å². The zero-order chi connectivity index (χ0) is 14.0. The maximum atomic E-state index is 11.9. The molecule has 2 aliphatic heterocycles. The van der Waals surface area contributed by atoms with Gasteiger partial charge in [0.15, 0.2) is 0 Å². The molecule has 1 amide bonds. The van der Waals surface area contributed by atoms with Crippen molar-refractivity contribution in [3.05, 3.63) is 11.8 Å². The van der Waals surface area contributed by atoms with Crippen molar-refractivity contribution in [1.29, 1.82) is 0 Å². The molecule has 2 heterocycles. The first kappa shape index (κ1) is 13.9. The van der Waals surface area contributed by atoms with Crippen LogP contribution in [-0.2, 0) is 14.3 Å². The molecule has 3 aliphatic rings. The maximum Gasteiger partial charge on any atom is 0.407 e. The van der Waals surface area contributed by atoms with E-state index >= 15 is 0 Å². The normalized spacial score (nSPS) is 29.6. The van der Waals surface area contributed by atoms with Gasteiger partial charge < -0.3 is 14.8 Å². The van der Waals surface area contributed by atoms with E-state index in [2.05, 4.69) is 5.32 Å². The molecule has 0 aromatic heterocycles. The van der Waals surface area contributed by atoms with Crippen LogP contribution < -0.4 is 5.32 Å². The Bertz CT molecular complexity index is 408. The molecule has 0 spiro atoms. The van der Waals surface area contributed by atoms with Crippen LogP contribution >= 0.6 is 0 Å². The molecule has 3 rings (SSSR count). The standard InChI is InChI=1S/C14H21NO4/c1-14(2,3)19-13(17)15-11-6-4-5-9-7-8-10(11)12(16)18-9/h5,10-11H,4,6-8H2,1-3H3,(H,15,17)/b9-5-/t10-,11-/m0/s1. The van der Waals surface area contributed by atoms with Crippen LogP contribution in [0, 0.1) is 5.92 Å². The molecular weight excluding hydrogens is 246 g/mol. The molecule has 19 heavy (non-hydrogen) atoms. The molecule has 106 valence electrons. The van der Waals surface area contributed by atoms with E-state index in [1.54, 1.807) is 0 Å². The number of carbonyl (C=O) groups excluding carboxylic acids is 2. The molecule has 1 N–H and O–H groups in total. The molecule has 2 bridgehead atoms. The van der Waals surface area contributed by atoms with Crippen LogP contribution in [0.2, 0.25) is 0 Å². The number of allylic oxidation sites excluding steroid dienone is 2. The lowest BCUT2D eigenvalue weighted by Gasteiger charge is -2.32. The van der Waals surface area contributed by atoms with Crippen LogP contribution in [0.4, 0.5) is 4.79 Å². The summed E-state index contributed by atoms with van der Waals surface area (Å²) >= 11 is 0. The van der Waals surface area contributed by atoms with Crippen molar-refractivity contribution in [1.82, 2.24) is 5.32 Å². The fraction of sp³-hybridized carbons (Fsp3) is 0.714. The molecule has 1 aliphatic carbocycles. The third kappa shape index (κ3) is 3.72. The maximum absolute atomic E-state index is 11.9. The van der Waals surface area contributed by atoms with Crippen LogP contribution in [0.15, 0.2) is 11.8 Å². The minimum Gasteiger partial charge on any atom is -0.444 e. The highest BCUT2D eigenvalue weighted by molar-refractivity contribution is 5.77. The fourth-order valence-corrected chi connectivity index (χ4v) is 2.44. The lowest BCUT2D eigenvalue weighted by Crippen LogP contribution is -2.47. The van der Waals surface area contributed by atoms with E-state index in [9.17, 15) is 9.59 Å². The number of nitrogens with one attached hydrogen (secondary N) is 1. The van der Waals surface area contributed by atoms with Gasteiger partial charge in [0.05, 0.1) is 5.92 Å². The van der Waals surface area contributed by atoms with E-state index in [-0.39, 0.29) is 17.9 Å². The Morgan fingerprint density at radius 2 is 2.16 bits per heavy atom. The highest BCUT2D eigenvalue weighted by Gasteiger charge is 2.36. The van der Waals surface area contributed by atoms with Gasteiger partial charge in [-0.1, -0.05) is 0 Å². The number of alkyl carbamates (subject to hydrolysis) is 1. The first-order chi connectivity index (χ1) is 8.85. The van der Waals surface area contributed by atoms with Gasteiger partial charge in [-0.05, 0) is 46.1 Å². The number of ether oxygens (including phenoxy) is 2. The van der Waals surface area contributed by atoms with E-state index in [4.69, 9.17) is 9.47 Å². The number of rotatable bonds is 1. The quantitative estimate of drug-likeness (QED) is 0.741. The third-order valence-electron chi connectivity index (χ3n) is 3.27. The zero-order valence-corrected chi connectivity index (χ0v) is 11.7. The Labute approximate surface area is 113 Å². The number of carbonyl (C=O) groups is 2. The predicted molar refractivity (Wildman–Crippen MR) is 69.3 cm³/mol. The minimum atomic E-state index is -0.536. The van der Waals surface area contributed by atoms with Crippen molar-refractivity contribution in [3.8, 4) is 0 Å². The second kappa shape index (κ2) is 5.23. The molecule has 0 aromatic rings. The lowest BCUT2D eigenvalue weighted by molar-refractivity contribution is -0.149. The van der Waals surface area contributed by atoms with E-state index < -0.39 is 11.7 Å².